The second kappa shape index (κ2) is 5.94. The van der Waals surface area contributed by atoms with Crippen molar-refractivity contribution >= 4 is 33.3 Å². The Labute approximate surface area is 113 Å². The Kier molecular flexibility index (Phi) is 5.10. The Morgan fingerprint density at radius 1 is 1.53 bits per heavy atom. The van der Waals surface area contributed by atoms with Crippen LogP contribution in [0.1, 0.15) is 30.6 Å². The maximum absolute atomic E-state index is 13.7. The lowest BCUT2D eigenvalue weighted by molar-refractivity contribution is 0.0964. The van der Waals surface area contributed by atoms with Crippen LogP contribution < -0.4 is 5.73 Å². The summed E-state index contributed by atoms with van der Waals surface area (Å²) in [6.45, 7) is 3.84. The fourth-order valence-electron chi connectivity index (χ4n) is 1.30. The molecule has 2 nitrogen and oxygen atoms in total. The van der Waals surface area contributed by atoms with Gasteiger partial charge in [-0.3, -0.25) is 4.79 Å². The van der Waals surface area contributed by atoms with E-state index in [1.165, 1.54) is 6.07 Å². The molecule has 0 aliphatic carbocycles. The Hall–Kier alpha value is -0.450. The summed E-state index contributed by atoms with van der Waals surface area (Å²) in [5, 5.41) is -0.0750. The zero-order chi connectivity index (χ0) is 13.2. The van der Waals surface area contributed by atoms with Crippen molar-refractivity contribution in [2.24, 2.45) is 11.7 Å². The van der Waals surface area contributed by atoms with Crippen LogP contribution in [0.5, 0.6) is 0 Å². The van der Waals surface area contributed by atoms with Crippen molar-refractivity contribution in [3.63, 3.8) is 0 Å². The number of nitrogens with two attached hydrogens (primary N) is 1. The average molecular weight is 323 g/mol. The number of carbonyl (C=O) groups is 1. The van der Waals surface area contributed by atoms with E-state index in [1.807, 2.05) is 13.8 Å². The lowest BCUT2D eigenvalue weighted by Gasteiger charge is -2.14. The van der Waals surface area contributed by atoms with Crippen molar-refractivity contribution < 1.29 is 9.18 Å². The molecule has 1 rings (SSSR count). The third-order valence-electron chi connectivity index (χ3n) is 2.61. The zero-order valence-electron chi connectivity index (χ0n) is 9.64. The summed E-state index contributed by atoms with van der Waals surface area (Å²) in [6, 6.07) is 2.70. The number of hydrogen-bond acceptors (Lipinski definition) is 2. The van der Waals surface area contributed by atoms with Gasteiger partial charge in [-0.15, -0.1) is 0 Å². The number of hydrogen-bond donors (Lipinski definition) is 1. The molecule has 0 bridgehead atoms. The van der Waals surface area contributed by atoms with Crippen LogP contribution in [0.15, 0.2) is 16.6 Å². The number of rotatable bonds is 4. The highest BCUT2D eigenvalue weighted by atomic mass is 79.9. The molecule has 5 heteroatoms. The first kappa shape index (κ1) is 14.6. The fourth-order valence-corrected chi connectivity index (χ4v) is 1.77. The van der Waals surface area contributed by atoms with Crippen LogP contribution in [-0.2, 0) is 0 Å². The quantitative estimate of drug-likeness (QED) is 0.677. The Balaban J connectivity index is 2.94. The first-order valence-corrected chi connectivity index (χ1v) is 6.44. The molecular weight excluding hydrogens is 308 g/mol. The number of ketones is 1. The van der Waals surface area contributed by atoms with E-state index in [-0.39, 0.29) is 34.7 Å². The van der Waals surface area contributed by atoms with Crippen LogP contribution in [0, 0.1) is 11.7 Å². The fraction of sp³-hybridized carbons (Fsp3) is 0.417. The van der Waals surface area contributed by atoms with Gasteiger partial charge in [-0.05, 0) is 34.0 Å². The van der Waals surface area contributed by atoms with E-state index >= 15 is 0 Å². The van der Waals surface area contributed by atoms with Crippen molar-refractivity contribution in [3.05, 3.63) is 33.0 Å². The van der Waals surface area contributed by atoms with Gasteiger partial charge >= 0.3 is 0 Å². The summed E-state index contributed by atoms with van der Waals surface area (Å²) in [6.07, 6.45) is 0.118. The number of benzene rings is 1. The molecule has 0 spiro atoms. The molecule has 0 heterocycles. The molecule has 0 saturated carbocycles. The van der Waals surface area contributed by atoms with Gasteiger partial charge in [0.1, 0.15) is 0 Å². The predicted octanol–water partition coefficient (Wildman–Crippen LogP) is 3.80. The summed E-state index contributed by atoms with van der Waals surface area (Å²) in [5.41, 5.74) is 5.78. The molecule has 94 valence electrons. The maximum atomic E-state index is 13.7. The highest BCUT2D eigenvalue weighted by molar-refractivity contribution is 9.10. The predicted molar refractivity (Wildman–Crippen MR) is 70.9 cm³/mol. The van der Waals surface area contributed by atoms with E-state index in [1.54, 1.807) is 6.07 Å². The molecule has 0 aliphatic rings. The third-order valence-corrected chi connectivity index (χ3v) is 3.87. The number of carbonyl (C=O) groups excluding carboxylic acids is 1. The van der Waals surface area contributed by atoms with Crippen molar-refractivity contribution in [3.8, 4) is 0 Å². The summed E-state index contributed by atoms with van der Waals surface area (Å²) in [7, 11) is 0. The largest absolute Gasteiger partial charge is 0.327 e. The van der Waals surface area contributed by atoms with Crippen molar-refractivity contribution in [2.75, 3.05) is 0 Å². The molecule has 0 aromatic heterocycles. The van der Waals surface area contributed by atoms with Crippen molar-refractivity contribution in [2.45, 2.75) is 26.3 Å². The molecule has 1 unspecified atom stereocenters. The normalized spacial score (nSPS) is 12.9. The highest BCUT2D eigenvalue weighted by Crippen LogP contribution is 2.28. The van der Waals surface area contributed by atoms with Gasteiger partial charge in [0.05, 0.1) is 10.6 Å². The topological polar surface area (TPSA) is 43.1 Å². The van der Waals surface area contributed by atoms with Gasteiger partial charge in [0.15, 0.2) is 11.6 Å². The Morgan fingerprint density at radius 3 is 2.65 bits per heavy atom. The van der Waals surface area contributed by atoms with Crippen LogP contribution in [0.25, 0.3) is 0 Å². The van der Waals surface area contributed by atoms with Crippen LogP contribution in [0.3, 0.4) is 0 Å². The van der Waals surface area contributed by atoms with Gasteiger partial charge in [-0.2, -0.15) is 0 Å². The summed E-state index contributed by atoms with van der Waals surface area (Å²) in [4.78, 5) is 11.8. The first-order valence-electron chi connectivity index (χ1n) is 5.26. The van der Waals surface area contributed by atoms with Gasteiger partial charge < -0.3 is 5.73 Å². The van der Waals surface area contributed by atoms with E-state index in [4.69, 9.17) is 17.3 Å². The smallest absolute Gasteiger partial charge is 0.167 e. The van der Waals surface area contributed by atoms with Crippen LogP contribution in [-0.4, -0.2) is 11.8 Å². The van der Waals surface area contributed by atoms with Crippen molar-refractivity contribution in [1.82, 2.24) is 0 Å². The lowest BCUT2D eigenvalue weighted by atomic mass is 9.96. The van der Waals surface area contributed by atoms with E-state index in [0.717, 1.165) is 0 Å². The number of Topliss-reactive ketones (excluding diaryl/α,β-unsaturated/α-hetero) is 1. The molecule has 2 N–H and O–H groups in total. The minimum absolute atomic E-state index is 0.00528. The SMILES string of the molecule is CC(C)C(N)CC(=O)c1ccc(Br)c(Cl)c1F. The molecule has 0 aliphatic heterocycles. The van der Waals surface area contributed by atoms with Gasteiger partial charge in [-0.1, -0.05) is 25.4 Å². The van der Waals surface area contributed by atoms with Gasteiger partial charge in [0.2, 0.25) is 0 Å². The van der Waals surface area contributed by atoms with Crippen molar-refractivity contribution in [1.29, 1.82) is 0 Å². The van der Waals surface area contributed by atoms with Crippen LogP contribution in [0.2, 0.25) is 5.02 Å². The molecule has 0 fully saturated rings. The molecule has 1 aromatic carbocycles. The molecule has 1 atom stereocenters. The molecule has 0 radical (unpaired) electrons. The second-order valence-corrected chi connectivity index (χ2v) is 5.49. The monoisotopic (exact) mass is 321 g/mol. The molecular formula is C12H14BrClFNO. The van der Waals surface area contributed by atoms with Gasteiger partial charge in [0, 0.05) is 16.9 Å². The van der Waals surface area contributed by atoms with E-state index in [9.17, 15) is 9.18 Å². The Bertz CT molecular complexity index is 437. The zero-order valence-corrected chi connectivity index (χ0v) is 12.0. The van der Waals surface area contributed by atoms with Crippen LogP contribution in [0.4, 0.5) is 4.39 Å². The number of halogens is 3. The lowest BCUT2D eigenvalue weighted by Crippen LogP contribution is -2.29. The Morgan fingerprint density at radius 2 is 2.12 bits per heavy atom. The molecule has 0 saturated heterocycles. The standard InChI is InChI=1S/C12H14BrClFNO/c1-6(2)9(16)5-10(17)7-3-4-8(13)11(14)12(7)15/h3-4,6,9H,5,16H2,1-2H3. The maximum Gasteiger partial charge on any atom is 0.167 e. The second-order valence-electron chi connectivity index (χ2n) is 4.26. The molecule has 17 heavy (non-hydrogen) atoms. The molecule has 0 amide bonds. The van der Waals surface area contributed by atoms with Crippen LogP contribution >= 0.6 is 27.5 Å². The average Bonchev–Trinajstić information content (AvgIpc) is 2.25. The molecule has 1 aromatic rings. The highest BCUT2D eigenvalue weighted by Gasteiger charge is 2.19. The van der Waals surface area contributed by atoms with Gasteiger partial charge in [-0.25, -0.2) is 4.39 Å². The minimum Gasteiger partial charge on any atom is -0.327 e. The third kappa shape index (κ3) is 3.50. The van der Waals surface area contributed by atoms with E-state index < -0.39 is 5.82 Å². The first-order chi connectivity index (χ1) is 7.84. The van der Waals surface area contributed by atoms with Gasteiger partial charge in [0.25, 0.3) is 0 Å². The van der Waals surface area contributed by atoms with E-state index in [2.05, 4.69) is 15.9 Å². The summed E-state index contributed by atoms with van der Waals surface area (Å²) >= 11 is 8.82. The summed E-state index contributed by atoms with van der Waals surface area (Å²) < 4.78 is 14.2. The van der Waals surface area contributed by atoms with E-state index in [0.29, 0.717) is 4.47 Å². The minimum atomic E-state index is -0.693. The summed E-state index contributed by atoms with van der Waals surface area (Å²) in [5.74, 6) is -0.840.